The first-order valence-electron chi connectivity index (χ1n) is 8.48. The SMILES string of the molecule is CN=C(NCCCCN1CCCC1)NCC(C)c1ccsc1. The highest BCUT2D eigenvalue weighted by Crippen LogP contribution is 2.16. The fraction of sp³-hybridized carbons (Fsp3) is 0.706. The van der Waals surface area contributed by atoms with Gasteiger partial charge in [-0.05, 0) is 73.6 Å². The largest absolute Gasteiger partial charge is 0.356 e. The Morgan fingerprint density at radius 1 is 1.32 bits per heavy atom. The topological polar surface area (TPSA) is 39.7 Å². The van der Waals surface area contributed by atoms with Crippen molar-refractivity contribution in [1.82, 2.24) is 15.5 Å². The van der Waals surface area contributed by atoms with Crippen molar-refractivity contribution >= 4 is 17.3 Å². The van der Waals surface area contributed by atoms with Gasteiger partial charge in [-0.15, -0.1) is 0 Å². The van der Waals surface area contributed by atoms with Crippen LogP contribution in [0.2, 0.25) is 0 Å². The molecule has 0 amide bonds. The molecule has 0 saturated carbocycles. The van der Waals surface area contributed by atoms with E-state index in [9.17, 15) is 0 Å². The van der Waals surface area contributed by atoms with E-state index >= 15 is 0 Å². The number of thiophene rings is 1. The van der Waals surface area contributed by atoms with Gasteiger partial charge in [-0.3, -0.25) is 4.99 Å². The Labute approximate surface area is 139 Å². The molecule has 1 aliphatic rings. The Balaban J connectivity index is 1.55. The van der Waals surface area contributed by atoms with Crippen LogP contribution in [0, 0.1) is 0 Å². The molecule has 2 heterocycles. The van der Waals surface area contributed by atoms with Gasteiger partial charge in [0.15, 0.2) is 5.96 Å². The maximum Gasteiger partial charge on any atom is 0.190 e. The van der Waals surface area contributed by atoms with Crippen LogP contribution in [0.3, 0.4) is 0 Å². The van der Waals surface area contributed by atoms with Crippen molar-refractivity contribution in [2.75, 3.05) is 39.8 Å². The summed E-state index contributed by atoms with van der Waals surface area (Å²) in [6, 6.07) is 2.20. The van der Waals surface area contributed by atoms with Crippen LogP contribution in [-0.2, 0) is 0 Å². The summed E-state index contributed by atoms with van der Waals surface area (Å²) < 4.78 is 0. The van der Waals surface area contributed by atoms with Gasteiger partial charge in [0.05, 0.1) is 0 Å². The summed E-state index contributed by atoms with van der Waals surface area (Å²) in [7, 11) is 1.84. The number of aliphatic imine (C=N–C) groups is 1. The van der Waals surface area contributed by atoms with Gasteiger partial charge in [0.1, 0.15) is 0 Å². The van der Waals surface area contributed by atoms with Gasteiger partial charge in [-0.1, -0.05) is 6.92 Å². The summed E-state index contributed by atoms with van der Waals surface area (Å²) in [5, 5.41) is 11.2. The summed E-state index contributed by atoms with van der Waals surface area (Å²) in [6.45, 7) is 8.03. The molecular formula is C17H30N4S. The Bertz CT molecular complexity index is 424. The van der Waals surface area contributed by atoms with Crippen molar-refractivity contribution in [3.8, 4) is 0 Å². The first kappa shape index (κ1) is 17.3. The van der Waals surface area contributed by atoms with E-state index in [2.05, 4.69) is 44.3 Å². The second-order valence-electron chi connectivity index (χ2n) is 6.09. The Morgan fingerprint density at radius 2 is 2.14 bits per heavy atom. The number of hydrogen-bond acceptors (Lipinski definition) is 3. The van der Waals surface area contributed by atoms with Crippen LogP contribution in [0.4, 0.5) is 0 Å². The van der Waals surface area contributed by atoms with Crippen LogP contribution in [0.1, 0.15) is 44.1 Å². The highest BCUT2D eigenvalue weighted by atomic mass is 32.1. The van der Waals surface area contributed by atoms with Crippen LogP contribution in [-0.4, -0.2) is 50.6 Å². The minimum absolute atomic E-state index is 0.514. The van der Waals surface area contributed by atoms with Crippen molar-refractivity contribution in [3.63, 3.8) is 0 Å². The van der Waals surface area contributed by atoms with Gasteiger partial charge in [0.25, 0.3) is 0 Å². The molecule has 1 saturated heterocycles. The van der Waals surface area contributed by atoms with Crippen molar-refractivity contribution < 1.29 is 0 Å². The first-order chi connectivity index (χ1) is 10.8. The zero-order valence-corrected chi connectivity index (χ0v) is 14.8. The van der Waals surface area contributed by atoms with Crippen LogP contribution in [0.25, 0.3) is 0 Å². The second kappa shape index (κ2) is 9.85. The van der Waals surface area contributed by atoms with Crippen molar-refractivity contribution in [3.05, 3.63) is 22.4 Å². The lowest BCUT2D eigenvalue weighted by atomic mass is 10.1. The number of nitrogens with one attached hydrogen (secondary N) is 2. The van der Waals surface area contributed by atoms with Gasteiger partial charge >= 0.3 is 0 Å². The lowest BCUT2D eigenvalue weighted by Gasteiger charge is -2.16. The number of hydrogen-bond donors (Lipinski definition) is 2. The Morgan fingerprint density at radius 3 is 2.82 bits per heavy atom. The van der Waals surface area contributed by atoms with Crippen molar-refractivity contribution in [1.29, 1.82) is 0 Å². The normalized spacial score (nSPS) is 17.6. The van der Waals surface area contributed by atoms with E-state index in [1.807, 2.05) is 7.05 Å². The zero-order chi connectivity index (χ0) is 15.6. The smallest absolute Gasteiger partial charge is 0.190 e. The average molecular weight is 323 g/mol. The quantitative estimate of drug-likeness (QED) is 0.439. The third kappa shape index (κ3) is 5.97. The number of unbranched alkanes of at least 4 members (excludes halogenated alkanes) is 1. The fourth-order valence-electron chi connectivity index (χ4n) is 2.82. The molecule has 1 aliphatic heterocycles. The van der Waals surface area contributed by atoms with Crippen molar-refractivity contribution in [2.24, 2.45) is 4.99 Å². The van der Waals surface area contributed by atoms with E-state index < -0.39 is 0 Å². The van der Waals surface area contributed by atoms with Crippen LogP contribution >= 0.6 is 11.3 Å². The van der Waals surface area contributed by atoms with Gasteiger partial charge in [0.2, 0.25) is 0 Å². The molecule has 2 rings (SSSR count). The summed E-state index contributed by atoms with van der Waals surface area (Å²) in [6.07, 6.45) is 5.25. The van der Waals surface area contributed by atoms with E-state index in [-0.39, 0.29) is 0 Å². The molecular weight excluding hydrogens is 292 g/mol. The highest BCUT2D eigenvalue weighted by Gasteiger charge is 2.10. The third-order valence-corrected chi connectivity index (χ3v) is 5.01. The molecule has 22 heavy (non-hydrogen) atoms. The average Bonchev–Trinajstić information content (AvgIpc) is 3.22. The summed E-state index contributed by atoms with van der Waals surface area (Å²) in [5.74, 6) is 1.43. The molecule has 5 heteroatoms. The van der Waals surface area contributed by atoms with Crippen molar-refractivity contribution in [2.45, 2.75) is 38.5 Å². The summed E-state index contributed by atoms with van der Waals surface area (Å²) in [4.78, 5) is 6.88. The number of rotatable bonds is 8. The minimum atomic E-state index is 0.514. The molecule has 4 nitrogen and oxygen atoms in total. The number of nitrogens with zero attached hydrogens (tertiary/aromatic N) is 2. The maximum absolute atomic E-state index is 4.30. The number of guanidine groups is 1. The van der Waals surface area contributed by atoms with Crippen LogP contribution in [0.15, 0.2) is 21.8 Å². The third-order valence-electron chi connectivity index (χ3n) is 4.30. The molecule has 0 radical (unpaired) electrons. The number of likely N-dealkylation sites (tertiary alicyclic amines) is 1. The zero-order valence-electron chi connectivity index (χ0n) is 14.0. The second-order valence-corrected chi connectivity index (χ2v) is 6.87. The van der Waals surface area contributed by atoms with Gasteiger partial charge in [-0.2, -0.15) is 11.3 Å². The summed E-state index contributed by atoms with van der Waals surface area (Å²) >= 11 is 1.76. The van der Waals surface area contributed by atoms with E-state index in [1.54, 1.807) is 11.3 Å². The molecule has 2 N–H and O–H groups in total. The van der Waals surface area contributed by atoms with E-state index in [4.69, 9.17) is 0 Å². The van der Waals surface area contributed by atoms with E-state index in [1.165, 1.54) is 50.9 Å². The predicted molar refractivity (Wildman–Crippen MR) is 97.0 cm³/mol. The van der Waals surface area contributed by atoms with Crippen LogP contribution in [0.5, 0.6) is 0 Å². The predicted octanol–water partition coefficient (Wildman–Crippen LogP) is 2.89. The molecule has 1 fully saturated rings. The highest BCUT2D eigenvalue weighted by molar-refractivity contribution is 7.07. The molecule has 0 spiro atoms. The summed E-state index contributed by atoms with van der Waals surface area (Å²) in [5.41, 5.74) is 1.40. The molecule has 0 aliphatic carbocycles. The molecule has 1 aromatic rings. The molecule has 1 aromatic heterocycles. The Hall–Kier alpha value is -1.07. The van der Waals surface area contributed by atoms with Gasteiger partial charge in [-0.25, -0.2) is 0 Å². The fourth-order valence-corrected chi connectivity index (χ4v) is 3.60. The monoisotopic (exact) mass is 322 g/mol. The van der Waals surface area contributed by atoms with E-state index in [0.29, 0.717) is 5.92 Å². The first-order valence-corrected chi connectivity index (χ1v) is 9.43. The van der Waals surface area contributed by atoms with Gasteiger partial charge < -0.3 is 15.5 Å². The lowest BCUT2D eigenvalue weighted by molar-refractivity contribution is 0.330. The standard InChI is InChI=1S/C17H30N4S/c1-15(16-7-12-22-14-16)13-20-17(18-2)19-8-3-4-9-21-10-5-6-11-21/h7,12,14-15H,3-6,8-11,13H2,1-2H3,(H2,18,19,20). The minimum Gasteiger partial charge on any atom is -0.356 e. The molecule has 124 valence electrons. The van der Waals surface area contributed by atoms with E-state index in [0.717, 1.165) is 19.0 Å². The molecule has 1 atom stereocenters. The molecule has 0 bridgehead atoms. The molecule has 1 unspecified atom stereocenters. The Kier molecular flexibility index (Phi) is 7.74. The maximum atomic E-state index is 4.30. The van der Waals surface area contributed by atoms with Crippen LogP contribution < -0.4 is 10.6 Å². The molecule has 0 aromatic carbocycles. The lowest BCUT2D eigenvalue weighted by Crippen LogP contribution is -2.39. The van der Waals surface area contributed by atoms with Gasteiger partial charge in [0, 0.05) is 20.1 Å².